The molecule has 0 N–H and O–H groups in total. The van der Waals surface area contributed by atoms with Crippen LogP contribution in [0.15, 0.2) is 47.1 Å². The number of benzene rings is 1. The van der Waals surface area contributed by atoms with Gasteiger partial charge in [0.2, 0.25) is 5.13 Å². The van der Waals surface area contributed by atoms with Gasteiger partial charge in [0.1, 0.15) is 6.07 Å². The van der Waals surface area contributed by atoms with Crippen molar-refractivity contribution in [2.75, 3.05) is 0 Å². The zero-order chi connectivity index (χ0) is 24.8. The minimum atomic E-state index is 0.250. The van der Waals surface area contributed by atoms with E-state index in [0.29, 0.717) is 20.9 Å². The van der Waals surface area contributed by atoms with Gasteiger partial charge in [-0.1, -0.05) is 54.5 Å². The molecule has 0 unspecified atom stereocenters. The molecule has 11 heteroatoms. The van der Waals surface area contributed by atoms with E-state index in [4.69, 9.17) is 37.8 Å². The van der Waals surface area contributed by atoms with Crippen LogP contribution in [0.3, 0.4) is 0 Å². The maximum absolute atomic E-state index is 9.17. The van der Waals surface area contributed by atoms with Crippen LogP contribution in [0, 0.1) is 18.3 Å². The zero-order valence-electron chi connectivity index (χ0n) is 18.2. The lowest BCUT2D eigenvalue weighted by Gasteiger charge is -2.05. The summed E-state index contributed by atoms with van der Waals surface area (Å²) < 4.78 is 2.87. The summed E-state index contributed by atoms with van der Waals surface area (Å²) in [6.45, 7) is 6.23. The highest BCUT2D eigenvalue weighted by molar-refractivity contribution is 8.01. The highest BCUT2D eigenvalue weighted by atomic mass is 35.5. The molecule has 0 amide bonds. The molecule has 0 aliphatic rings. The molecule has 0 saturated heterocycles. The molecule has 172 valence electrons. The van der Waals surface area contributed by atoms with Gasteiger partial charge in [-0.05, 0) is 25.1 Å². The largest absolute Gasteiger partial charge is 0.373 e. The summed E-state index contributed by atoms with van der Waals surface area (Å²) >= 11 is 15.7. The van der Waals surface area contributed by atoms with E-state index in [-0.39, 0.29) is 6.15 Å². The maximum Gasteiger partial charge on any atom is 0.373 e. The molecule has 1 aromatic carbocycles. The number of nitrogens with zero attached hydrogens (tertiary/aromatic N) is 5. The number of halogens is 2. The van der Waals surface area contributed by atoms with E-state index in [1.165, 1.54) is 0 Å². The minimum absolute atomic E-state index is 0.250. The Morgan fingerprint density at radius 2 is 1.85 bits per heavy atom. The molecule has 0 aliphatic carbocycles. The van der Waals surface area contributed by atoms with Gasteiger partial charge in [0.15, 0.2) is 0 Å². The van der Waals surface area contributed by atoms with Crippen LogP contribution in [0.4, 0.5) is 0 Å². The molecule has 0 radical (unpaired) electrons. The Morgan fingerprint density at radius 3 is 2.50 bits per heavy atom. The number of pyridine rings is 1. The quantitative estimate of drug-likeness (QED) is 0.273. The molecular weight excluding hydrogens is 513 g/mol. The molecule has 3 heterocycles. The fraction of sp³-hybridized carbons (Fsp3) is 0.174. The van der Waals surface area contributed by atoms with Crippen molar-refractivity contribution in [2.45, 2.75) is 30.2 Å². The van der Waals surface area contributed by atoms with Crippen molar-refractivity contribution in [2.24, 2.45) is 0 Å². The molecule has 7 nitrogen and oxygen atoms in total. The summed E-state index contributed by atoms with van der Waals surface area (Å²) in [6.07, 6.45) is 5.45. The Hall–Kier alpha value is -2.99. The maximum atomic E-state index is 9.17. The molecule has 0 bridgehead atoms. The third kappa shape index (κ3) is 5.92. The monoisotopic (exact) mass is 529 g/mol. The van der Waals surface area contributed by atoms with E-state index < -0.39 is 0 Å². The number of hydrogen-bond acceptors (Lipinski definition) is 8. The zero-order valence-corrected chi connectivity index (χ0v) is 21.4. The summed E-state index contributed by atoms with van der Waals surface area (Å²) in [6, 6.07) is 9.49. The van der Waals surface area contributed by atoms with Gasteiger partial charge < -0.3 is 0 Å². The first-order chi connectivity index (χ1) is 16.3. The second-order valence-corrected chi connectivity index (χ2v) is 10.8. The van der Waals surface area contributed by atoms with Gasteiger partial charge in [-0.3, -0.25) is 4.98 Å². The van der Waals surface area contributed by atoms with Gasteiger partial charge in [-0.25, -0.2) is 9.67 Å². The third-order valence-corrected chi connectivity index (χ3v) is 7.39. The molecule has 3 aromatic heterocycles. The third-order valence-electron chi connectivity index (χ3n) is 4.39. The van der Waals surface area contributed by atoms with Crippen molar-refractivity contribution < 1.29 is 9.59 Å². The number of thioether (sulfide) groups is 1. The number of aromatic nitrogens is 4. The van der Waals surface area contributed by atoms with Crippen LogP contribution in [0.2, 0.25) is 10.0 Å². The van der Waals surface area contributed by atoms with E-state index in [1.807, 2.05) is 31.3 Å². The fourth-order valence-corrected chi connectivity index (χ4v) is 5.75. The Balaban J connectivity index is 0.00000103. The van der Waals surface area contributed by atoms with Gasteiger partial charge in [0.25, 0.3) is 0 Å². The van der Waals surface area contributed by atoms with Crippen molar-refractivity contribution in [3.8, 4) is 33.6 Å². The number of aryl methyl sites for hydroxylation is 1. The standard InChI is InChI=1S/C22H17Cl2N5S2.CO2/c1-12(2)30-21-20(15-4-5-18(23)19(24)7-15)27-22(31-21)29-11-17(13(3)28-29)16-6-14(8-25)9-26-10-16;2-1-3/h4-7,9-12H,1-3H3;. The average molecular weight is 530 g/mol. The molecule has 4 rings (SSSR count). The normalized spacial score (nSPS) is 10.4. The van der Waals surface area contributed by atoms with Crippen LogP contribution in [0.25, 0.3) is 27.5 Å². The van der Waals surface area contributed by atoms with Gasteiger partial charge in [-0.2, -0.15) is 19.9 Å². The first kappa shape index (κ1) is 25.6. The Morgan fingerprint density at radius 1 is 1.12 bits per heavy atom. The van der Waals surface area contributed by atoms with Crippen molar-refractivity contribution in [1.29, 1.82) is 5.26 Å². The highest BCUT2D eigenvalue weighted by Gasteiger charge is 2.19. The van der Waals surface area contributed by atoms with Crippen molar-refractivity contribution >= 4 is 52.5 Å². The van der Waals surface area contributed by atoms with E-state index in [2.05, 4.69) is 30.0 Å². The lowest BCUT2D eigenvalue weighted by Crippen LogP contribution is -1.94. The lowest BCUT2D eigenvalue weighted by molar-refractivity contribution is -0.191. The predicted octanol–water partition coefficient (Wildman–Crippen LogP) is 6.46. The highest BCUT2D eigenvalue weighted by Crippen LogP contribution is 2.41. The van der Waals surface area contributed by atoms with Gasteiger partial charge in [-0.15, -0.1) is 11.8 Å². The average Bonchev–Trinajstić information content (AvgIpc) is 3.39. The van der Waals surface area contributed by atoms with E-state index in [0.717, 1.165) is 37.4 Å². The van der Waals surface area contributed by atoms with E-state index in [1.54, 1.807) is 46.2 Å². The molecule has 0 spiro atoms. The molecule has 0 saturated carbocycles. The van der Waals surface area contributed by atoms with Crippen LogP contribution < -0.4 is 0 Å². The SMILES string of the molecule is Cc1nn(-c2nc(-c3ccc(Cl)c(Cl)c3)c(SC(C)C)s2)cc1-c1cncc(C#N)c1.O=C=O. The predicted molar refractivity (Wildman–Crippen MR) is 133 cm³/mol. The summed E-state index contributed by atoms with van der Waals surface area (Å²) in [5.74, 6) is 0. The number of hydrogen-bond donors (Lipinski definition) is 0. The van der Waals surface area contributed by atoms with Gasteiger partial charge in [0.05, 0.1) is 31.2 Å². The Bertz CT molecular complexity index is 1400. The molecule has 0 fully saturated rings. The molecular formula is C23H17Cl2N5O2S2. The van der Waals surface area contributed by atoms with Crippen LogP contribution in [0.5, 0.6) is 0 Å². The van der Waals surface area contributed by atoms with Crippen molar-refractivity contribution in [1.82, 2.24) is 19.7 Å². The Kier molecular flexibility index (Phi) is 8.61. The number of thiazole rings is 1. The number of nitriles is 1. The summed E-state index contributed by atoms with van der Waals surface area (Å²) in [5.41, 5.74) is 4.88. The minimum Gasteiger partial charge on any atom is -0.263 e. The summed E-state index contributed by atoms with van der Waals surface area (Å²) in [4.78, 5) is 25.3. The summed E-state index contributed by atoms with van der Waals surface area (Å²) in [7, 11) is 0. The molecule has 4 aromatic rings. The smallest absolute Gasteiger partial charge is 0.263 e. The van der Waals surface area contributed by atoms with Gasteiger partial charge in [0, 0.05) is 40.5 Å². The number of carbonyl (C=O) groups excluding carboxylic acids is 2. The number of rotatable bonds is 5. The lowest BCUT2D eigenvalue weighted by atomic mass is 10.1. The molecule has 34 heavy (non-hydrogen) atoms. The first-order valence-corrected chi connectivity index (χ1v) is 12.3. The molecule has 0 atom stereocenters. The van der Waals surface area contributed by atoms with Crippen LogP contribution in [-0.4, -0.2) is 31.1 Å². The topological polar surface area (TPSA) is 102 Å². The van der Waals surface area contributed by atoms with Crippen LogP contribution >= 0.6 is 46.3 Å². The first-order valence-electron chi connectivity index (χ1n) is 9.81. The second-order valence-electron chi connectivity index (χ2n) is 7.16. The second kappa shape index (κ2) is 11.4. The van der Waals surface area contributed by atoms with Crippen LogP contribution in [-0.2, 0) is 9.59 Å². The van der Waals surface area contributed by atoms with Crippen LogP contribution in [0.1, 0.15) is 25.1 Å². The van der Waals surface area contributed by atoms with Crippen molar-refractivity contribution in [3.05, 3.63) is 64.2 Å². The molecule has 0 aliphatic heterocycles. The van der Waals surface area contributed by atoms with Crippen molar-refractivity contribution in [3.63, 3.8) is 0 Å². The van der Waals surface area contributed by atoms with E-state index >= 15 is 0 Å². The fourth-order valence-electron chi connectivity index (χ4n) is 3.00. The summed E-state index contributed by atoms with van der Waals surface area (Å²) in [5, 5.41) is 16.0. The van der Waals surface area contributed by atoms with E-state index in [9.17, 15) is 5.26 Å². The van der Waals surface area contributed by atoms with Gasteiger partial charge >= 0.3 is 6.15 Å². The Labute approximate surface area is 214 Å².